The van der Waals surface area contributed by atoms with E-state index in [2.05, 4.69) is 50.2 Å². The summed E-state index contributed by atoms with van der Waals surface area (Å²) in [5.41, 5.74) is 3.97. The van der Waals surface area contributed by atoms with Crippen LogP contribution in [0.2, 0.25) is 0 Å². The first-order chi connectivity index (χ1) is 15.4. The number of aryl methyl sites for hydroxylation is 1. The van der Waals surface area contributed by atoms with Crippen LogP contribution in [0.3, 0.4) is 0 Å². The number of rotatable bonds is 6. The fourth-order valence-corrected chi connectivity index (χ4v) is 4.23. The number of carbonyl (C=O) groups is 1. The zero-order valence-electron chi connectivity index (χ0n) is 17.4. The maximum absolute atomic E-state index is 12.4. The van der Waals surface area contributed by atoms with Crippen LogP contribution < -0.4 is 9.47 Å². The Morgan fingerprint density at radius 3 is 2.44 bits per heavy atom. The summed E-state index contributed by atoms with van der Waals surface area (Å²) in [5, 5.41) is 0. The highest BCUT2D eigenvalue weighted by molar-refractivity contribution is 14.1. The maximum atomic E-state index is 12.4. The first-order valence-electron chi connectivity index (χ1n) is 9.77. The average Bonchev–Trinajstić information content (AvgIpc) is 3.14. The summed E-state index contributed by atoms with van der Waals surface area (Å²) in [6, 6.07) is 19.6. The second kappa shape index (κ2) is 10.0. The monoisotopic (exact) mass is 651 g/mol. The van der Waals surface area contributed by atoms with Crippen LogP contribution in [0.5, 0.6) is 11.5 Å². The SMILES string of the molecule is COc1cc(/C=C2\N=C(c3ccc(C)cc3)OC2=O)cc(I)c1OCc1ccc(I)cc1. The van der Waals surface area contributed by atoms with E-state index in [1.807, 2.05) is 67.6 Å². The molecule has 0 aliphatic carbocycles. The van der Waals surface area contributed by atoms with E-state index in [0.717, 1.165) is 25.8 Å². The fourth-order valence-electron chi connectivity index (χ4n) is 3.09. The third-order valence-electron chi connectivity index (χ3n) is 4.77. The van der Waals surface area contributed by atoms with Crippen LogP contribution >= 0.6 is 45.2 Å². The molecule has 162 valence electrons. The van der Waals surface area contributed by atoms with Gasteiger partial charge in [-0.3, -0.25) is 0 Å². The molecule has 0 fully saturated rings. The Hall–Kier alpha value is -2.40. The number of halogens is 2. The Kier molecular flexibility index (Phi) is 7.14. The molecule has 4 rings (SSSR count). The van der Waals surface area contributed by atoms with Crippen LogP contribution in [0, 0.1) is 14.1 Å². The first-order valence-corrected chi connectivity index (χ1v) is 11.9. The van der Waals surface area contributed by atoms with Gasteiger partial charge in [-0.2, -0.15) is 0 Å². The van der Waals surface area contributed by atoms with Crippen LogP contribution in [0.4, 0.5) is 0 Å². The Morgan fingerprint density at radius 1 is 1.03 bits per heavy atom. The number of esters is 1. The number of hydrogen-bond donors (Lipinski definition) is 0. The number of aliphatic imine (C=N–C) groups is 1. The van der Waals surface area contributed by atoms with Crippen LogP contribution in [-0.4, -0.2) is 19.0 Å². The van der Waals surface area contributed by atoms with Gasteiger partial charge < -0.3 is 14.2 Å². The Labute approximate surface area is 213 Å². The molecule has 0 aromatic heterocycles. The highest BCUT2D eigenvalue weighted by Crippen LogP contribution is 2.35. The maximum Gasteiger partial charge on any atom is 0.363 e. The van der Waals surface area contributed by atoms with Crippen LogP contribution in [0.15, 0.2) is 71.4 Å². The highest BCUT2D eigenvalue weighted by atomic mass is 127. The largest absolute Gasteiger partial charge is 0.493 e. The summed E-state index contributed by atoms with van der Waals surface area (Å²) in [6.45, 7) is 2.43. The van der Waals surface area contributed by atoms with E-state index >= 15 is 0 Å². The molecule has 0 radical (unpaired) electrons. The van der Waals surface area contributed by atoms with Gasteiger partial charge in [-0.25, -0.2) is 9.79 Å². The molecule has 0 atom stereocenters. The van der Waals surface area contributed by atoms with Gasteiger partial charge in [0.05, 0.1) is 10.7 Å². The van der Waals surface area contributed by atoms with Gasteiger partial charge in [-0.1, -0.05) is 29.8 Å². The van der Waals surface area contributed by atoms with Crippen molar-refractivity contribution in [1.29, 1.82) is 0 Å². The third kappa shape index (κ3) is 5.32. The molecule has 1 heterocycles. The van der Waals surface area contributed by atoms with Crippen molar-refractivity contribution < 1.29 is 19.0 Å². The van der Waals surface area contributed by atoms with Crippen LogP contribution in [0.1, 0.15) is 22.3 Å². The molecule has 32 heavy (non-hydrogen) atoms. The quantitative estimate of drug-likeness (QED) is 0.183. The summed E-state index contributed by atoms with van der Waals surface area (Å²) in [4.78, 5) is 16.7. The summed E-state index contributed by atoms with van der Waals surface area (Å²) >= 11 is 4.48. The standard InChI is InChI=1S/C25H19I2NO4/c1-15-3-7-18(8-4-15)24-28-21(25(29)32-24)12-17-11-20(27)23(22(13-17)30-2)31-14-16-5-9-19(26)10-6-16/h3-13H,14H2,1-2H3/b21-12-. The van der Waals surface area contributed by atoms with E-state index in [9.17, 15) is 4.79 Å². The molecule has 0 N–H and O–H groups in total. The van der Waals surface area contributed by atoms with E-state index in [0.29, 0.717) is 24.0 Å². The van der Waals surface area contributed by atoms with E-state index in [4.69, 9.17) is 14.2 Å². The Balaban J connectivity index is 1.58. The summed E-state index contributed by atoms with van der Waals surface area (Å²) in [6.07, 6.45) is 1.69. The fraction of sp³-hybridized carbons (Fsp3) is 0.120. The lowest BCUT2D eigenvalue weighted by molar-refractivity contribution is -0.129. The molecule has 1 aliphatic heterocycles. The summed E-state index contributed by atoms with van der Waals surface area (Å²) in [7, 11) is 1.59. The number of ether oxygens (including phenoxy) is 3. The minimum Gasteiger partial charge on any atom is -0.493 e. The third-order valence-corrected chi connectivity index (χ3v) is 6.29. The lowest BCUT2D eigenvalue weighted by Crippen LogP contribution is -2.05. The van der Waals surface area contributed by atoms with E-state index < -0.39 is 5.97 Å². The molecule has 0 amide bonds. The van der Waals surface area contributed by atoms with Crippen molar-refractivity contribution in [2.24, 2.45) is 4.99 Å². The molecule has 0 saturated heterocycles. The van der Waals surface area contributed by atoms with E-state index in [1.54, 1.807) is 13.2 Å². The lowest BCUT2D eigenvalue weighted by atomic mass is 10.1. The zero-order valence-corrected chi connectivity index (χ0v) is 21.7. The average molecular weight is 651 g/mol. The minimum absolute atomic E-state index is 0.242. The summed E-state index contributed by atoms with van der Waals surface area (Å²) in [5.74, 6) is 1.07. The predicted molar refractivity (Wildman–Crippen MR) is 141 cm³/mol. The van der Waals surface area contributed by atoms with Crippen LogP contribution in [-0.2, 0) is 16.1 Å². The molecule has 0 spiro atoms. The van der Waals surface area contributed by atoms with E-state index in [-0.39, 0.29) is 5.70 Å². The van der Waals surface area contributed by atoms with Gasteiger partial charge in [-0.15, -0.1) is 0 Å². The molecule has 0 saturated carbocycles. The van der Waals surface area contributed by atoms with Gasteiger partial charge in [0.1, 0.15) is 6.61 Å². The molecular formula is C25H19I2NO4. The van der Waals surface area contributed by atoms with Crippen molar-refractivity contribution in [2.75, 3.05) is 7.11 Å². The van der Waals surface area contributed by atoms with Gasteiger partial charge in [0.25, 0.3) is 0 Å². The lowest BCUT2D eigenvalue weighted by Gasteiger charge is -2.14. The van der Waals surface area contributed by atoms with Crippen molar-refractivity contribution in [3.05, 3.63) is 95.8 Å². The van der Waals surface area contributed by atoms with Crippen molar-refractivity contribution in [3.8, 4) is 11.5 Å². The van der Waals surface area contributed by atoms with E-state index in [1.165, 1.54) is 3.57 Å². The molecule has 3 aromatic rings. The zero-order chi connectivity index (χ0) is 22.7. The topological polar surface area (TPSA) is 57.1 Å². The van der Waals surface area contributed by atoms with Gasteiger partial charge in [0.15, 0.2) is 17.2 Å². The smallest absolute Gasteiger partial charge is 0.363 e. The predicted octanol–water partition coefficient (Wildman–Crippen LogP) is 6.14. The molecule has 0 bridgehead atoms. The van der Waals surface area contributed by atoms with Crippen molar-refractivity contribution in [1.82, 2.24) is 0 Å². The summed E-state index contributed by atoms with van der Waals surface area (Å²) < 4.78 is 19.0. The molecular weight excluding hydrogens is 632 g/mol. The number of carbonyl (C=O) groups excluding carboxylic acids is 1. The van der Waals surface area contributed by atoms with Gasteiger partial charge in [0, 0.05) is 9.13 Å². The number of nitrogens with zero attached hydrogens (tertiary/aromatic N) is 1. The van der Waals surface area contributed by atoms with Crippen LogP contribution in [0.25, 0.3) is 6.08 Å². The highest BCUT2D eigenvalue weighted by Gasteiger charge is 2.24. The molecule has 0 unspecified atom stereocenters. The second-order valence-corrected chi connectivity index (χ2v) is 9.56. The number of hydrogen-bond acceptors (Lipinski definition) is 5. The van der Waals surface area contributed by atoms with Gasteiger partial charge in [0.2, 0.25) is 5.90 Å². The Morgan fingerprint density at radius 2 is 1.75 bits per heavy atom. The first kappa shape index (κ1) is 22.8. The number of benzene rings is 3. The second-order valence-electron chi connectivity index (χ2n) is 7.15. The van der Waals surface area contributed by atoms with Gasteiger partial charge >= 0.3 is 5.97 Å². The van der Waals surface area contributed by atoms with Crippen molar-refractivity contribution in [3.63, 3.8) is 0 Å². The molecule has 5 nitrogen and oxygen atoms in total. The molecule has 3 aromatic carbocycles. The Bertz CT molecular complexity index is 1220. The normalized spacial score (nSPS) is 14.3. The van der Waals surface area contributed by atoms with Gasteiger partial charge in [-0.05, 0) is 106 Å². The molecule has 7 heteroatoms. The molecule has 1 aliphatic rings. The van der Waals surface area contributed by atoms with Crippen molar-refractivity contribution in [2.45, 2.75) is 13.5 Å². The van der Waals surface area contributed by atoms with Crippen molar-refractivity contribution >= 4 is 63.1 Å². The number of methoxy groups -OCH3 is 1. The minimum atomic E-state index is -0.478. The number of cyclic esters (lactones) is 1.